The lowest BCUT2D eigenvalue weighted by atomic mass is 9.87. The van der Waals surface area contributed by atoms with Gasteiger partial charge in [-0.15, -0.1) is 12.4 Å². The summed E-state index contributed by atoms with van der Waals surface area (Å²) in [5.41, 5.74) is 6.54. The third-order valence-electron chi connectivity index (χ3n) is 3.35. The number of rotatable bonds is 2. The van der Waals surface area contributed by atoms with Crippen LogP contribution >= 0.6 is 12.4 Å². The monoisotopic (exact) mass is 286 g/mol. The lowest BCUT2D eigenvalue weighted by Crippen LogP contribution is -2.27. The van der Waals surface area contributed by atoms with Gasteiger partial charge in [0.1, 0.15) is 0 Å². The molecule has 1 aliphatic heterocycles. The van der Waals surface area contributed by atoms with Crippen LogP contribution in [0.5, 0.6) is 5.75 Å². The van der Waals surface area contributed by atoms with Gasteiger partial charge in [-0.2, -0.15) is 5.26 Å². The van der Waals surface area contributed by atoms with Crippen molar-refractivity contribution in [3.8, 4) is 11.8 Å². The Morgan fingerprint density at radius 1 is 1.42 bits per heavy atom. The number of nitrogens with two attached hydrogens (primary N) is 1. The molecule has 1 heterocycles. The molecule has 1 aromatic carbocycles. The van der Waals surface area contributed by atoms with Gasteiger partial charge in [0.25, 0.3) is 0 Å². The van der Waals surface area contributed by atoms with E-state index < -0.39 is 17.6 Å². The first kappa shape index (κ1) is 15.7. The Labute approximate surface area is 117 Å². The van der Waals surface area contributed by atoms with E-state index in [9.17, 15) is 9.50 Å². The lowest BCUT2D eigenvalue weighted by Gasteiger charge is -2.28. The van der Waals surface area contributed by atoms with Crippen molar-refractivity contribution in [2.45, 2.75) is 18.9 Å². The number of hydrogen-bond acceptors (Lipinski definition) is 4. The minimum atomic E-state index is -0.799. The maximum atomic E-state index is 13.5. The Balaban J connectivity index is 0.00000180. The van der Waals surface area contributed by atoms with Crippen molar-refractivity contribution in [3.05, 3.63) is 29.1 Å². The number of nitriles is 1. The molecule has 0 aromatic heterocycles. The molecule has 3 N–H and O–H groups in total. The van der Waals surface area contributed by atoms with Gasteiger partial charge in [0.15, 0.2) is 11.6 Å². The predicted octanol–water partition coefficient (Wildman–Crippen LogP) is 2.25. The summed E-state index contributed by atoms with van der Waals surface area (Å²) in [7, 11) is 0. The molecule has 6 heteroatoms. The van der Waals surface area contributed by atoms with Crippen molar-refractivity contribution < 1.29 is 14.2 Å². The number of ether oxygens (including phenoxy) is 1. The number of benzene rings is 1. The molecule has 1 aliphatic rings. The van der Waals surface area contributed by atoms with Gasteiger partial charge in [0, 0.05) is 24.8 Å². The van der Waals surface area contributed by atoms with E-state index in [1.54, 1.807) is 0 Å². The van der Waals surface area contributed by atoms with Gasteiger partial charge in [-0.1, -0.05) is 0 Å². The fourth-order valence-electron chi connectivity index (χ4n) is 2.27. The molecule has 1 atom stereocenters. The number of phenols is 1. The predicted molar refractivity (Wildman–Crippen MR) is 70.5 cm³/mol. The molecule has 1 aromatic rings. The molecule has 0 saturated carbocycles. The van der Waals surface area contributed by atoms with E-state index in [0.717, 1.165) is 18.9 Å². The van der Waals surface area contributed by atoms with Crippen LogP contribution in [0.1, 0.15) is 30.0 Å². The van der Waals surface area contributed by atoms with Gasteiger partial charge >= 0.3 is 0 Å². The second-order valence-corrected chi connectivity index (χ2v) is 4.48. The summed E-state index contributed by atoms with van der Waals surface area (Å²) in [5, 5.41) is 18.5. The highest BCUT2D eigenvalue weighted by Crippen LogP contribution is 2.34. The minimum Gasteiger partial charge on any atom is -0.505 e. The third kappa shape index (κ3) is 3.35. The van der Waals surface area contributed by atoms with Gasteiger partial charge in [-0.05, 0) is 30.9 Å². The average Bonchev–Trinajstić information content (AvgIpc) is 2.42. The van der Waals surface area contributed by atoms with E-state index in [0.29, 0.717) is 18.8 Å². The third-order valence-corrected chi connectivity index (χ3v) is 3.35. The van der Waals surface area contributed by atoms with Gasteiger partial charge in [-0.3, -0.25) is 0 Å². The summed E-state index contributed by atoms with van der Waals surface area (Å²) < 4.78 is 18.7. The summed E-state index contributed by atoms with van der Waals surface area (Å²) in [6.07, 6.45) is 1.55. The molecule has 104 valence electrons. The highest BCUT2D eigenvalue weighted by Gasteiger charge is 2.25. The Morgan fingerprint density at radius 2 is 2.05 bits per heavy atom. The molecule has 0 spiro atoms. The van der Waals surface area contributed by atoms with Crippen molar-refractivity contribution in [1.82, 2.24) is 0 Å². The smallest absolute Gasteiger partial charge is 0.166 e. The summed E-state index contributed by atoms with van der Waals surface area (Å²) in [5.74, 6) is -1.11. The zero-order valence-electron chi connectivity index (χ0n) is 10.3. The van der Waals surface area contributed by atoms with Crippen LogP contribution < -0.4 is 5.73 Å². The number of phenolic OH excluding ortho intramolecular Hbond substituents is 1. The summed E-state index contributed by atoms with van der Waals surface area (Å²) in [6.45, 7) is 1.25. The highest BCUT2D eigenvalue weighted by molar-refractivity contribution is 5.85. The van der Waals surface area contributed by atoms with Crippen LogP contribution in [-0.2, 0) is 4.74 Å². The van der Waals surface area contributed by atoms with Crippen LogP contribution in [-0.4, -0.2) is 18.3 Å². The second kappa shape index (κ2) is 6.71. The van der Waals surface area contributed by atoms with E-state index in [1.807, 2.05) is 6.07 Å². The van der Waals surface area contributed by atoms with Crippen LogP contribution in [0.2, 0.25) is 0 Å². The maximum absolute atomic E-state index is 13.5. The number of nitrogens with zero attached hydrogens (tertiary/aromatic N) is 1. The average molecular weight is 287 g/mol. The second-order valence-electron chi connectivity index (χ2n) is 4.48. The fraction of sp³-hybridized carbons (Fsp3) is 0.462. The van der Waals surface area contributed by atoms with Crippen LogP contribution in [0.15, 0.2) is 12.1 Å². The minimum absolute atomic E-state index is 0. The van der Waals surface area contributed by atoms with Crippen molar-refractivity contribution in [1.29, 1.82) is 5.26 Å². The number of hydrogen-bond donors (Lipinski definition) is 2. The van der Waals surface area contributed by atoms with E-state index in [4.69, 9.17) is 15.7 Å². The molecule has 4 nitrogen and oxygen atoms in total. The summed E-state index contributed by atoms with van der Waals surface area (Å²) in [6, 6.07) is 3.85. The van der Waals surface area contributed by atoms with Crippen LogP contribution in [0.25, 0.3) is 0 Å². The van der Waals surface area contributed by atoms with E-state index in [2.05, 4.69) is 0 Å². The first-order chi connectivity index (χ1) is 8.63. The SMILES string of the molecule is Cl.N#Cc1cc(F)c(O)c([C@H](N)C2CCOCC2)c1. The van der Waals surface area contributed by atoms with Gasteiger partial charge in [-0.25, -0.2) is 4.39 Å². The molecule has 0 unspecified atom stereocenters. The Bertz CT molecular complexity index is 484. The largest absolute Gasteiger partial charge is 0.505 e. The van der Waals surface area contributed by atoms with Crippen molar-refractivity contribution in [3.63, 3.8) is 0 Å². The Kier molecular flexibility index (Phi) is 5.55. The van der Waals surface area contributed by atoms with E-state index in [-0.39, 0.29) is 23.9 Å². The van der Waals surface area contributed by atoms with Gasteiger partial charge < -0.3 is 15.6 Å². The first-order valence-corrected chi connectivity index (χ1v) is 5.89. The Hall–Kier alpha value is -1.35. The zero-order valence-corrected chi connectivity index (χ0v) is 11.1. The van der Waals surface area contributed by atoms with Crippen LogP contribution in [0.3, 0.4) is 0 Å². The van der Waals surface area contributed by atoms with Crippen molar-refractivity contribution >= 4 is 12.4 Å². The molecule has 1 fully saturated rings. The molecule has 0 aliphatic carbocycles. The number of aromatic hydroxyl groups is 1. The van der Waals surface area contributed by atoms with Crippen molar-refractivity contribution in [2.24, 2.45) is 11.7 Å². The molecule has 0 radical (unpaired) electrons. The molecular formula is C13H16ClFN2O2. The summed E-state index contributed by atoms with van der Waals surface area (Å²) in [4.78, 5) is 0. The first-order valence-electron chi connectivity index (χ1n) is 5.89. The van der Waals surface area contributed by atoms with E-state index in [1.165, 1.54) is 6.07 Å². The maximum Gasteiger partial charge on any atom is 0.166 e. The van der Waals surface area contributed by atoms with Gasteiger partial charge in [0.05, 0.1) is 11.6 Å². The Morgan fingerprint density at radius 3 is 2.63 bits per heavy atom. The fourth-order valence-corrected chi connectivity index (χ4v) is 2.27. The summed E-state index contributed by atoms with van der Waals surface area (Å²) >= 11 is 0. The number of halogens is 2. The molecule has 19 heavy (non-hydrogen) atoms. The topological polar surface area (TPSA) is 79.3 Å². The molecular weight excluding hydrogens is 271 g/mol. The molecule has 2 rings (SSSR count). The van der Waals surface area contributed by atoms with Crippen LogP contribution in [0, 0.1) is 23.1 Å². The quantitative estimate of drug-likeness (QED) is 0.874. The van der Waals surface area contributed by atoms with Crippen molar-refractivity contribution in [2.75, 3.05) is 13.2 Å². The highest BCUT2D eigenvalue weighted by atomic mass is 35.5. The molecule has 1 saturated heterocycles. The molecule has 0 bridgehead atoms. The normalized spacial score (nSPS) is 17.3. The van der Waals surface area contributed by atoms with Crippen LogP contribution in [0.4, 0.5) is 4.39 Å². The zero-order chi connectivity index (χ0) is 13.1. The lowest BCUT2D eigenvalue weighted by molar-refractivity contribution is 0.0580. The molecule has 0 amide bonds. The van der Waals surface area contributed by atoms with E-state index >= 15 is 0 Å². The standard InChI is InChI=1S/C13H15FN2O2.ClH/c14-11-6-8(7-15)5-10(13(11)17)12(16)9-1-3-18-4-2-9;/h5-6,9,12,17H,1-4,16H2;1H/t12-;/m1./s1. The van der Waals surface area contributed by atoms with Gasteiger partial charge in [0.2, 0.25) is 0 Å².